The van der Waals surface area contributed by atoms with Crippen LogP contribution < -0.4 is 5.32 Å². The van der Waals surface area contributed by atoms with Crippen molar-refractivity contribution >= 4 is 17.5 Å². The number of carbonyl (C=O) groups is 1. The maximum Gasteiger partial charge on any atom is 0.276 e. The van der Waals surface area contributed by atoms with E-state index in [1.54, 1.807) is 4.90 Å². The Labute approximate surface area is 163 Å². The molecule has 1 amide bonds. The number of aromatic nitrogens is 3. The van der Waals surface area contributed by atoms with Crippen molar-refractivity contribution in [3.05, 3.63) is 46.2 Å². The lowest BCUT2D eigenvalue weighted by Crippen LogP contribution is -2.42. The molecule has 2 aliphatic heterocycles. The Morgan fingerprint density at radius 1 is 1.30 bits per heavy atom. The lowest BCUT2D eigenvalue weighted by Gasteiger charge is -2.33. The summed E-state index contributed by atoms with van der Waals surface area (Å²) >= 11 is 6.30. The number of hydrogen-bond donors (Lipinski definition) is 1. The van der Waals surface area contributed by atoms with Gasteiger partial charge in [0, 0.05) is 17.1 Å². The van der Waals surface area contributed by atoms with Crippen LogP contribution in [0.5, 0.6) is 0 Å². The van der Waals surface area contributed by atoms with Crippen molar-refractivity contribution < 1.29 is 9.53 Å². The Morgan fingerprint density at radius 2 is 2.07 bits per heavy atom. The number of piperidine rings is 1. The summed E-state index contributed by atoms with van der Waals surface area (Å²) in [7, 11) is 0. The molecule has 3 heterocycles. The predicted molar refractivity (Wildman–Crippen MR) is 102 cm³/mol. The molecule has 1 unspecified atom stereocenters. The first-order valence-corrected chi connectivity index (χ1v) is 9.80. The molecule has 1 aromatic carbocycles. The molecule has 0 bridgehead atoms. The Hall–Kier alpha value is -1.96. The zero-order valence-electron chi connectivity index (χ0n) is 15.4. The van der Waals surface area contributed by atoms with Gasteiger partial charge in [-0.25, -0.2) is 4.68 Å². The number of halogens is 1. The van der Waals surface area contributed by atoms with E-state index in [-0.39, 0.29) is 12.0 Å². The minimum Gasteiger partial charge on any atom is -0.370 e. The minimum atomic E-state index is -0.226. The highest BCUT2D eigenvalue weighted by atomic mass is 35.5. The van der Waals surface area contributed by atoms with Crippen LogP contribution in [0.15, 0.2) is 24.3 Å². The van der Waals surface area contributed by atoms with E-state index in [1.807, 2.05) is 35.9 Å². The predicted octanol–water partition coefficient (Wildman–Crippen LogP) is 2.38. The summed E-state index contributed by atoms with van der Waals surface area (Å²) in [6, 6.07) is 7.91. The number of amides is 1. The van der Waals surface area contributed by atoms with Gasteiger partial charge in [-0.2, -0.15) is 0 Å². The number of carbonyl (C=O) groups excluding carboxylic acids is 1. The second-order valence-electron chi connectivity index (χ2n) is 7.08. The van der Waals surface area contributed by atoms with Crippen molar-refractivity contribution in [3.8, 4) is 0 Å². The molecular weight excluding hydrogens is 366 g/mol. The van der Waals surface area contributed by atoms with Crippen molar-refractivity contribution in [1.82, 2.24) is 25.2 Å². The molecule has 1 atom stereocenters. The van der Waals surface area contributed by atoms with E-state index in [0.29, 0.717) is 36.5 Å². The summed E-state index contributed by atoms with van der Waals surface area (Å²) in [6.07, 6.45) is 1.78. The largest absolute Gasteiger partial charge is 0.370 e. The number of rotatable bonds is 3. The van der Waals surface area contributed by atoms with Crippen LogP contribution in [0.2, 0.25) is 5.02 Å². The van der Waals surface area contributed by atoms with E-state index in [1.165, 1.54) is 0 Å². The van der Waals surface area contributed by atoms with Crippen LogP contribution in [0.25, 0.3) is 0 Å². The van der Waals surface area contributed by atoms with Gasteiger partial charge in [0.15, 0.2) is 5.69 Å². The summed E-state index contributed by atoms with van der Waals surface area (Å²) in [6.45, 7) is 5.35. The molecule has 2 fully saturated rings. The van der Waals surface area contributed by atoms with E-state index in [9.17, 15) is 4.79 Å². The van der Waals surface area contributed by atoms with E-state index >= 15 is 0 Å². The fourth-order valence-corrected chi connectivity index (χ4v) is 4.10. The molecule has 0 radical (unpaired) electrons. The van der Waals surface area contributed by atoms with Gasteiger partial charge < -0.3 is 15.0 Å². The Bertz CT molecular complexity index is 818. The number of nitrogens with one attached hydrogen (secondary N) is 1. The molecule has 7 nitrogen and oxygen atoms in total. The van der Waals surface area contributed by atoms with Gasteiger partial charge in [0.25, 0.3) is 5.91 Å². The number of morpholine rings is 1. The average molecular weight is 390 g/mol. The van der Waals surface area contributed by atoms with Gasteiger partial charge >= 0.3 is 0 Å². The zero-order valence-corrected chi connectivity index (χ0v) is 16.2. The van der Waals surface area contributed by atoms with Gasteiger partial charge in [-0.15, -0.1) is 5.10 Å². The van der Waals surface area contributed by atoms with E-state index in [4.69, 9.17) is 16.3 Å². The van der Waals surface area contributed by atoms with Crippen LogP contribution >= 0.6 is 11.6 Å². The molecule has 0 spiro atoms. The Balaban J connectivity index is 1.51. The smallest absolute Gasteiger partial charge is 0.276 e. The molecule has 2 aliphatic rings. The highest BCUT2D eigenvalue weighted by Crippen LogP contribution is 2.29. The first-order chi connectivity index (χ1) is 13.1. The topological polar surface area (TPSA) is 72.3 Å². The molecule has 8 heteroatoms. The van der Waals surface area contributed by atoms with Crippen molar-refractivity contribution in [1.29, 1.82) is 0 Å². The van der Waals surface area contributed by atoms with Crippen molar-refractivity contribution in [2.24, 2.45) is 0 Å². The van der Waals surface area contributed by atoms with Crippen LogP contribution in [-0.2, 0) is 4.74 Å². The second kappa shape index (κ2) is 7.96. The molecular formula is C19H24ClN5O2. The molecule has 2 aromatic rings. The highest BCUT2D eigenvalue weighted by molar-refractivity contribution is 6.31. The number of benzene rings is 1. The third-order valence-electron chi connectivity index (χ3n) is 5.39. The average Bonchev–Trinajstić information content (AvgIpc) is 3.10. The number of nitrogens with zero attached hydrogens (tertiary/aromatic N) is 4. The third-order valence-corrected chi connectivity index (χ3v) is 5.73. The van der Waals surface area contributed by atoms with Gasteiger partial charge in [0.1, 0.15) is 6.10 Å². The molecule has 0 aliphatic carbocycles. The minimum absolute atomic E-state index is 0.0898. The Kier molecular flexibility index (Phi) is 5.43. The fraction of sp³-hybridized carbons (Fsp3) is 0.526. The first kappa shape index (κ1) is 18.4. The van der Waals surface area contributed by atoms with Gasteiger partial charge in [0.2, 0.25) is 0 Å². The molecule has 2 saturated heterocycles. The fourth-order valence-electron chi connectivity index (χ4n) is 3.84. The van der Waals surface area contributed by atoms with E-state index in [0.717, 1.165) is 37.2 Å². The molecule has 1 aromatic heterocycles. The first-order valence-electron chi connectivity index (χ1n) is 9.43. The maximum absolute atomic E-state index is 13.1. The van der Waals surface area contributed by atoms with Crippen LogP contribution in [0.3, 0.4) is 0 Å². The summed E-state index contributed by atoms with van der Waals surface area (Å²) < 4.78 is 7.78. The normalized spacial score (nSPS) is 21.4. The van der Waals surface area contributed by atoms with Gasteiger partial charge in [-0.05, 0) is 38.9 Å². The Morgan fingerprint density at radius 3 is 2.85 bits per heavy atom. The van der Waals surface area contributed by atoms with Gasteiger partial charge in [-0.3, -0.25) is 4.79 Å². The number of hydrogen-bond acceptors (Lipinski definition) is 5. The number of ether oxygens (including phenoxy) is 1. The van der Waals surface area contributed by atoms with E-state index < -0.39 is 0 Å². The second-order valence-corrected chi connectivity index (χ2v) is 7.49. The van der Waals surface area contributed by atoms with Gasteiger partial charge in [0.05, 0.1) is 24.9 Å². The summed E-state index contributed by atoms with van der Waals surface area (Å²) in [5, 5.41) is 12.5. The van der Waals surface area contributed by atoms with Crippen molar-refractivity contribution in [3.63, 3.8) is 0 Å². The molecule has 144 valence electrons. The summed E-state index contributed by atoms with van der Waals surface area (Å²) in [5.41, 5.74) is 2.19. The SMILES string of the molecule is Cc1c(C(=O)N2CCOC(c3ccccc3Cl)C2)nnn1C1CCNCC1. The van der Waals surface area contributed by atoms with Crippen LogP contribution in [0.1, 0.15) is 46.7 Å². The third kappa shape index (κ3) is 3.72. The summed E-state index contributed by atoms with van der Waals surface area (Å²) in [5.74, 6) is -0.0898. The standard InChI is InChI=1S/C19H24ClN5O2/c1-13-18(22-23-25(13)14-6-8-21-9-7-14)19(26)24-10-11-27-17(12-24)15-4-2-3-5-16(15)20/h2-5,14,17,21H,6-12H2,1H3. The summed E-state index contributed by atoms with van der Waals surface area (Å²) in [4.78, 5) is 14.9. The monoisotopic (exact) mass is 389 g/mol. The molecule has 1 N–H and O–H groups in total. The lowest BCUT2D eigenvalue weighted by atomic mass is 10.1. The maximum atomic E-state index is 13.1. The molecule has 27 heavy (non-hydrogen) atoms. The molecule has 0 saturated carbocycles. The highest BCUT2D eigenvalue weighted by Gasteiger charge is 2.31. The molecule has 4 rings (SSSR count). The van der Waals surface area contributed by atoms with Crippen LogP contribution in [-0.4, -0.2) is 58.6 Å². The van der Waals surface area contributed by atoms with E-state index in [2.05, 4.69) is 15.6 Å². The lowest BCUT2D eigenvalue weighted by molar-refractivity contribution is -0.0230. The quantitative estimate of drug-likeness (QED) is 0.872. The van der Waals surface area contributed by atoms with Crippen molar-refractivity contribution in [2.75, 3.05) is 32.8 Å². The van der Waals surface area contributed by atoms with Gasteiger partial charge in [-0.1, -0.05) is 35.0 Å². The van der Waals surface area contributed by atoms with Crippen LogP contribution in [0.4, 0.5) is 0 Å². The van der Waals surface area contributed by atoms with Crippen molar-refractivity contribution in [2.45, 2.75) is 31.9 Å². The van der Waals surface area contributed by atoms with Crippen LogP contribution in [0, 0.1) is 6.92 Å². The zero-order chi connectivity index (χ0) is 18.8.